The molecule has 122 valence electrons. The minimum absolute atomic E-state index is 0.155. The van der Waals surface area contributed by atoms with Crippen molar-refractivity contribution in [3.05, 3.63) is 65.5 Å². The van der Waals surface area contributed by atoms with Crippen LogP contribution in [0.4, 0.5) is 0 Å². The maximum Gasteiger partial charge on any atom is 0.326 e. The quantitative estimate of drug-likeness (QED) is 0.665. The first-order valence-corrected chi connectivity index (χ1v) is 8.03. The van der Waals surface area contributed by atoms with E-state index in [-0.39, 0.29) is 12.5 Å². The van der Waals surface area contributed by atoms with Crippen LogP contribution in [0.15, 0.2) is 48.5 Å². The minimum Gasteiger partial charge on any atom is -0.465 e. The fourth-order valence-corrected chi connectivity index (χ4v) is 2.57. The molecule has 0 aliphatic carbocycles. The molecule has 0 amide bonds. The van der Waals surface area contributed by atoms with Gasteiger partial charge < -0.3 is 9.30 Å². The molecule has 24 heavy (non-hydrogen) atoms. The molecule has 0 N–H and O–H groups in total. The fraction of sp³-hybridized carbons (Fsp3) is 0.200. The molecular formula is C20H20N2O2. The highest BCUT2D eigenvalue weighted by molar-refractivity contribution is 5.82. The maximum absolute atomic E-state index is 11.9. The molecule has 0 aliphatic heterocycles. The number of carbonyl (C=O) groups is 1. The van der Waals surface area contributed by atoms with Gasteiger partial charge in [-0.25, -0.2) is 4.98 Å². The van der Waals surface area contributed by atoms with Crippen molar-refractivity contribution in [1.29, 1.82) is 0 Å². The number of aromatic nitrogens is 2. The van der Waals surface area contributed by atoms with Crippen molar-refractivity contribution in [3.8, 4) is 0 Å². The first-order chi connectivity index (χ1) is 11.7. The molecule has 1 aromatic heterocycles. The topological polar surface area (TPSA) is 44.1 Å². The summed E-state index contributed by atoms with van der Waals surface area (Å²) in [4.78, 5) is 16.5. The Kier molecular flexibility index (Phi) is 4.75. The number of aryl methyl sites for hydroxylation is 1. The van der Waals surface area contributed by atoms with Gasteiger partial charge in [-0.05, 0) is 37.6 Å². The zero-order valence-corrected chi connectivity index (χ0v) is 13.9. The number of imidazole rings is 1. The number of esters is 1. The number of para-hydroxylation sites is 2. The van der Waals surface area contributed by atoms with E-state index in [1.807, 2.05) is 47.9 Å². The highest BCUT2D eigenvalue weighted by Crippen LogP contribution is 2.18. The second-order valence-electron chi connectivity index (χ2n) is 5.59. The van der Waals surface area contributed by atoms with Gasteiger partial charge in [0.1, 0.15) is 12.4 Å². The Morgan fingerprint density at radius 2 is 1.88 bits per heavy atom. The van der Waals surface area contributed by atoms with E-state index in [1.54, 1.807) is 0 Å². The second-order valence-corrected chi connectivity index (χ2v) is 5.59. The van der Waals surface area contributed by atoms with E-state index < -0.39 is 0 Å². The average molecular weight is 320 g/mol. The Labute approximate surface area is 141 Å². The van der Waals surface area contributed by atoms with Crippen LogP contribution in [-0.4, -0.2) is 22.1 Å². The number of ether oxygens (including phenoxy) is 1. The van der Waals surface area contributed by atoms with Crippen molar-refractivity contribution in [3.63, 3.8) is 0 Å². The highest BCUT2D eigenvalue weighted by Gasteiger charge is 2.12. The van der Waals surface area contributed by atoms with Crippen molar-refractivity contribution in [2.24, 2.45) is 0 Å². The van der Waals surface area contributed by atoms with Gasteiger partial charge in [0.2, 0.25) is 0 Å². The lowest BCUT2D eigenvalue weighted by molar-refractivity contribution is -0.143. The first-order valence-electron chi connectivity index (χ1n) is 8.03. The van der Waals surface area contributed by atoms with Crippen molar-refractivity contribution >= 4 is 29.2 Å². The maximum atomic E-state index is 11.9. The molecule has 0 radical (unpaired) electrons. The summed E-state index contributed by atoms with van der Waals surface area (Å²) in [6.45, 7) is 4.40. The third kappa shape index (κ3) is 3.54. The molecule has 0 unspecified atom stereocenters. The van der Waals surface area contributed by atoms with E-state index in [1.165, 1.54) is 5.56 Å². The van der Waals surface area contributed by atoms with Gasteiger partial charge in [0.15, 0.2) is 0 Å². The predicted octanol–water partition coefficient (Wildman–Crippen LogP) is 4.08. The molecule has 4 nitrogen and oxygen atoms in total. The number of fused-ring (bicyclic) bond motifs is 1. The third-order valence-electron chi connectivity index (χ3n) is 3.78. The SMILES string of the molecule is CCOC(=O)Cn1c(/C=C/c2ccc(C)cc2)nc2ccccc21. The van der Waals surface area contributed by atoms with Gasteiger partial charge in [-0.3, -0.25) is 4.79 Å². The van der Waals surface area contributed by atoms with Gasteiger partial charge in [0.25, 0.3) is 0 Å². The summed E-state index contributed by atoms with van der Waals surface area (Å²) >= 11 is 0. The zero-order chi connectivity index (χ0) is 16.9. The third-order valence-corrected chi connectivity index (χ3v) is 3.78. The number of nitrogens with zero attached hydrogens (tertiary/aromatic N) is 2. The van der Waals surface area contributed by atoms with Crippen molar-refractivity contribution in [2.45, 2.75) is 20.4 Å². The highest BCUT2D eigenvalue weighted by atomic mass is 16.5. The van der Waals surface area contributed by atoms with Crippen molar-refractivity contribution in [2.75, 3.05) is 6.61 Å². The average Bonchev–Trinajstić information content (AvgIpc) is 2.92. The lowest BCUT2D eigenvalue weighted by Gasteiger charge is -2.06. The zero-order valence-electron chi connectivity index (χ0n) is 13.9. The molecule has 0 saturated carbocycles. The van der Waals surface area contributed by atoms with Crippen molar-refractivity contribution < 1.29 is 9.53 Å². The van der Waals surface area contributed by atoms with E-state index in [0.29, 0.717) is 6.61 Å². The first kappa shape index (κ1) is 16.0. The summed E-state index contributed by atoms with van der Waals surface area (Å²) < 4.78 is 6.97. The molecule has 1 heterocycles. The van der Waals surface area contributed by atoms with Crippen LogP contribution in [0.1, 0.15) is 23.9 Å². The van der Waals surface area contributed by atoms with Crippen LogP contribution in [0, 0.1) is 6.92 Å². The number of hydrogen-bond donors (Lipinski definition) is 0. The van der Waals surface area contributed by atoms with E-state index in [0.717, 1.165) is 22.4 Å². The van der Waals surface area contributed by atoms with E-state index in [4.69, 9.17) is 4.74 Å². The minimum atomic E-state index is -0.259. The fourth-order valence-electron chi connectivity index (χ4n) is 2.57. The van der Waals surface area contributed by atoms with Crippen LogP contribution >= 0.6 is 0 Å². The molecule has 0 fully saturated rings. The van der Waals surface area contributed by atoms with Gasteiger partial charge in [-0.2, -0.15) is 0 Å². The Bertz CT molecular complexity index is 876. The monoisotopic (exact) mass is 320 g/mol. The Balaban J connectivity index is 1.96. The van der Waals surface area contributed by atoms with Gasteiger partial charge >= 0.3 is 5.97 Å². The molecule has 2 aromatic carbocycles. The van der Waals surface area contributed by atoms with E-state index in [9.17, 15) is 4.79 Å². The summed E-state index contributed by atoms with van der Waals surface area (Å²) in [6.07, 6.45) is 3.94. The smallest absolute Gasteiger partial charge is 0.326 e. The Hall–Kier alpha value is -2.88. The molecular weight excluding hydrogens is 300 g/mol. The lowest BCUT2D eigenvalue weighted by Crippen LogP contribution is -2.14. The normalized spacial score (nSPS) is 11.2. The molecule has 3 aromatic rings. The number of rotatable bonds is 5. The van der Waals surface area contributed by atoms with E-state index in [2.05, 4.69) is 36.2 Å². The predicted molar refractivity (Wildman–Crippen MR) is 96.5 cm³/mol. The van der Waals surface area contributed by atoms with Crippen LogP contribution < -0.4 is 0 Å². The van der Waals surface area contributed by atoms with Gasteiger partial charge in [0.05, 0.1) is 17.6 Å². The summed E-state index contributed by atoms with van der Waals surface area (Å²) in [5, 5.41) is 0. The van der Waals surface area contributed by atoms with E-state index >= 15 is 0 Å². The van der Waals surface area contributed by atoms with Gasteiger partial charge in [-0.15, -0.1) is 0 Å². The molecule has 4 heteroatoms. The Morgan fingerprint density at radius 1 is 1.12 bits per heavy atom. The van der Waals surface area contributed by atoms with Crippen LogP contribution in [0.25, 0.3) is 23.2 Å². The Morgan fingerprint density at radius 3 is 2.62 bits per heavy atom. The molecule has 0 spiro atoms. The molecule has 0 atom stereocenters. The number of hydrogen-bond acceptors (Lipinski definition) is 3. The molecule has 0 aliphatic rings. The molecule has 0 bridgehead atoms. The van der Waals surface area contributed by atoms with Crippen LogP contribution in [0.3, 0.4) is 0 Å². The van der Waals surface area contributed by atoms with Crippen LogP contribution in [0.2, 0.25) is 0 Å². The van der Waals surface area contributed by atoms with Crippen LogP contribution in [0.5, 0.6) is 0 Å². The molecule has 3 rings (SSSR count). The molecule has 0 saturated heterocycles. The van der Waals surface area contributed by atoms with Gasteiger partial charge in [0, 0.05) is 0 Å². The number of benzene rings is 2. The lowest BCUT2D eigenvalue weighted by atomic mass is 10.1. The van der Waals surface area contributed by atoms with Crippen LogP contribution in [-0.2, 0) is 16.1 Å². The number of carbonyl (C=O) groups excluding carboxylic acids is 1. The summed E-state index contributed by atoms with van der Waals surface area (Å²) in [5.74, 6) is 0.482. The second kappa shape index (κ2) is 7.13. The largest absolute Gasteiger partial charge is 0.465 e. The summed E-state index contributed by atoms with van der Waals surface area (Å²) in [7, 11) is 0. The summed E-state index contributed by atoms with van der Waals surface area (Å²) in [5.41, 5.74) is 4.11. The summed E-state index contributed by atoms with van der Waals surface area (Å²) in [6, 6.07) is 16.1. The standard InChI is InChI=1S/C20H20N2O2/c1-3-24-20(23)14-22-18-7-5-4-6-17(18)21-19(22)13-12-16-10-8-15(2)9-11-16/h4-13H,3,14H2,1-2H3/b13-12+. The van der Waals surface area contributed by atoms with Crippen molar-refractivity contribution in [1.82, 2.24) is 9.55 Å². The van der Waals surface area contributed by atoms with Gasteiger partial charge in [-0.1, -0.05) is 48.0 Å².